The molecule has 0 aromatic heterocycles. The third-order valence-corrected chi connectivity index (χ3v) is 5.44. The van der Waals surface area contributed by atoms with Crippen LogP contribution in [-0.2, 0) is 23.6 Å². The molecule has 0 aliphatic rings. The highest BCUT2D eigenvalue weighted by molar-refractivity contribution is 7.89. The van der Waals surface area contributed by atoms with Crippen LogP contribution in [0.5, 0.6) is 0 Å². The first-order valence-corrected chi connectivity index (χ1v) is 11.1. The number of hydrogen-bond donors (Lipinski definition) is 3. The maximum atomic E-state index is 11.9. The van der Waals surface area contributed by atoms with Crippen molar-refractivity contribution in [3.05, 3.63) is 29.8 Å². The van der Waals surface area contributed by atoms with Crippen LogP contribution in [0, 0.1) is 0 Å². The van der Waals surface area contributed by atoms with Crippen molar-refractivity contribution in [3.8, 4) is 0 Å². The Hall–Kier alpha value is -1.29. The Labute approximate surface area is 153 Å². The van der Waals surface area contributed by atoms with Gasteiger partial charge in [-0.15, -0.1) is 0 Å². The van der Waals surface area contributed by atoms with E-state index in [-0.39, 0.29) is 17.4 Å². The minimum Gasteiger partial charge on any atom is -0.352 e. The molecule has 26 heavy (non-hydrogen) atoms. The molecule has 1 unspecified atom stereocenters. The van der Waals surface area contributed by atoms with Crippen LogP contribution in [0.4, 0.5) is 0 Å². The summed E-state index contributed by atoms with van der Waals surface area (Å²) in [5.41, 5.74) is 0.362. The number of rotatable bonds is 12. The third-order valence-electron chi connectivity index (χ3n) is 3.54. The summed E-state index contributed by atoms with van der Waals surface area (Å²) in [5, 5.41) is 7.76. The van der Waals surface area contributed by atoms with E-state index in [4.69, 9.17) is 14.6 Å². The highest BCUT2D eigenvalue weighted by atomic mass is 32.2. The number of benzene rings is 1. The van der Waals surface area contributed by atoms with Crippen molar-refractivity contribution in [2.75, 3.05) is 20.3 Å². The fourth-order valence-electron chi connectivity index (χ4n) is 2.09. The Morgan fingerprint density at radius 2 is 1.73 bits per heavy atom. The predicted octanol–water partition coefficient (Wildman–Crippen LogP) is 1.78. The first-order chi connectivity index (χ1) is 12.2. The van der Waals surface area contributed by atoms with Gasteiger partial charge in [-0.2, -0.15) is 0 Å². The molecule has 0 spiro atoms. The van der Waals surface area contributed by atoms with Crippen LogP contribution in [0.1, 0.15) is 42.5 Å². The molecule has 1 amide bonds. The summed E-state index contributed by atoms with van der Waals surface area (Å²) in [5.74, 6) is -0.280. The summed E-state index contributed by atoms with van der Waals surface area (Å²) in [6, 6.07) is 5.41. The first-order valence-electron chi connectivity index (χ1n) is 8.10. The zero-order valence-electron chi connectivity index (χ0n) is 14.6. The molecule has 148 valence electrons. The molecule has 0 aliphatic carbocycles. The average Bonchev–Trinajstić information content (AvgIpc) is 2.59. The zero-order valence-corrected chi connectivity index (χ0v) is 16.3. The van der Waals surface area contributed by atoms with Gasteiger partial charge in [0.2, 0.25) is 10.0 Å². The minimum absolute atomic E-state index is 0.0407. The van der Waals surface area contributed by atoms with Gasteiger partial charge in [-0.1, -0.05) is 19.3 Å². The Morgan fingerprint density at radius 3 is 2.31 bits per heavy atom. The lowest BCUT2D eigenvalue weighted by molar-refractivity contribution is 0.0952. The average molecular weight is 408 g/mol. The van der Waals surface area contributed by atoms with Crippen molar-refractivity contribution in [1.82, 2.24) is 5.32 Å². The van der Waals surface area contributed by atoms with Crippen LogP contribution in [-0.4, -0.2) is 39.5 Å². The fourth-order valence-corrected chi connectivity index (χ4v) is 3.07. The summed E-state index contributed by atoms with van der Waals surface area (Å²) in [7, 11) is -6.53. The van der Waals surface area contributed by atoms with Crippen molar-refractivity contribution >= 4 is 23.8 Å². The summed E-state index contributed by atoms with van der Waals surface area (Å²) < 4.78 is 42.3. The second-order valence-electron chi connectivity index (χ2n) is 5.58. The number of unbranched alkanes of at least 4 members (excludes halogenated alkanes) is 4. The zero-order chi connectivity index (χ0) is 19.6. The van der Waals surface area contributed by atoms with E-state index in [0.29, 0.717) is 18.5 Å². The van der Waals surface area contributed by atoms with Gasteiger partial charge >= 0.3 is 7.82 Å². The van der Waals surface area contributed by atoms with Crippen LogP contribution >= 0.6 is 7.82 Å². The van der Waals surface area contributed by atoms with Crippen molar-refractivity contribution in [2.24, 2.45) is 5.14 Å². The van der Waals surface area contributed by atoms with Gasteiger partial charge in [0.1, 0.15) is 0 Å². The van der Waals surface area contributed by atoms with Gasteiger partial charge in [0.25, 0.3) is 5.91 Å². The number of hydrogen-bond acceptors (Lipinski definition) is 6. The summed E-state index contributed by atoms with van der Waals surface area (Å²) in [6.07, 6.45) is 4.08. The van der Waals surface area contributed by atoms with E-state index in [1.807, 2.05) is 0 Å². The summed E-state index contributed by atoms with van der Waals surface area (Å²) in [6.45, 7) is 0.661. The van der Waals surface area contributed by atoms with E-state index < -0.39 is 17.8 Å². The van der Waals surface area contributed by atoms with E-state index in [1.165, 1.54) is 24.3 Å². The van der Waals surface area contributed by atoms with E-state index >= 15 is 0 Å². The maximum absolute atomic E-state index is 11.9. The van der Waals surface area contributed by atoms with Gasteiger partial charge in [0.05, 0.1) is 11.5 Å². The second kappa shape index (κ2) is 10.8. The van der Waals surface area contributed by atoms with E-state index in [2.05, 4.69) is 9.84 Å². The molecule has 1 rings (SSSR count). The van der Waals surface area contributed by atoms with Gasteiger partial charge in [-0.25, -0.2) is 18.1 Å². The smallest absolute Gasteiger partial charge is 0.352 e. The molecule has 11 heteroatoms. The van der Waals surface area contributed by atoms with E-state index in [1.54, 1.807) is 0 Å². The lowest BCUT2D eigenvalue weighted by Gasteiger charge is -2.08. The standard InChI is InChI=1S/C15H25N2O7PS/c1-23-25(19,20)24-12-6-4-2-3-5-11-17-15(18)13-7-9-14(10-8-13)26(16,21)22/h7-10H,2-6,11-12H2,1H3,(H,17,18)(H,19,20)(H2,16,21,22). The summed E-state index contributed by atoms with van der Waals surface area (Å²) in [4.78, 5) is 20.9. The quantitative estimate of drug-likeness (QED) is 0.353. The number of sulfonamides is 1. The van der Waals surface area contributed by atoms with Crippen LogP contribution in [0.3, 0.4) is 0 Å². The molecule has 1 aromatic carbocycles. The van der Waals surface area contributed by atoms with Gasteiger partial charge in [-0.05, 0) is 37.1 Å². The lowest BCUT2D eigenvalue weighted by Crippen LogP contribution is -2.24. The number of amides is 1. The summed E-state index contributed by atoms with van der Waals surface area (Å²) >= 11 is 0. The van der Waals surface area contributed by atoms with E-state index in [9.17, 15) is 17.8 Å². The molecular formula is C15H25N2O7PS. The van der Waals surface area contributed by atoms with Gasteiger partial charge < -0.3 is 10.2 Å². The fraction of sp³-hybridized carbons (Fsp3) is 0.533. The Kier molecular flexibility index (Phi) is 9.42. The van der Waals surface area contributed by atoms with Gasteiger partial charge in [-0.3, -0.25) is 13.8 Å². The highest BCUT2D eigenvalue weighted by Gasteiger charge is 2.17. The predicted molar refractivity (Wildman–Crippen MR) is 96.0 cm³/mol. The van der Waals surface area contributed by atoms with Crippen LogP contribution < -0.4 is 10.5 Å². The minimum atomic E-state index is -3.88. The Morgan fingerprint density at radius 1 is 1.15 bits per heavy atom. The van der Waals surface area contributed by atoms with Crippen LogP contribution in [0.15, 0.2) is 29.2 Å². The molecule has 0 saturated heterocycles. The van der Waals surface area contributed by atoms with Crippen LogP contribution in [0.25, 0.3) is 0 Å². The number of nitrogens with one attached hydrogen (secondary N) is 1. The molecule has 0 aliphatic heterocycles. The van der Waals surface area contributed by atoms with Gasteiger partial charge in [0, 0.05) is 19.2 Å². The molecular weight excluding hydrogens is 383 g/mol. The Bertz CT molecular complexity index is 722. The molecule has 0 radical (unpaired) electrons. The maximum Gasteiger partial charge on any atom is 0.471 e. The topological polar surface area (TPSA) is 145 Å². The molecule has 0 saturated carbocycles. The van der Waals surface area contributed by atoms with Crippen LogP contribution in [0.2, 0.25) is 0 Å². The highest BCUT2D eigenvalue weighted by Crippen LogP contribution is 2.41. The molecule has 0 bridgehead atoms. The SMILES string of the molecule is COP(=O)(O)OCCCCCCCNC(=O)c1ccc(S(N)(=O)=O)cc1. The number of carbonyl (C=O) groups excluding carboxylic acids is 1. The van der Waals surface area contributed by atoms with Crippen molar-refractivity contribution in [3.63, 3.8) is 0 Å². The monoisotopic (exact) mass is 408 g/mol. The van der Waals surface area contributed by atoms with Crippen molar-refractivity contribution < 1.29 is 31.7 Å². The molecule has 0 fully saturated rings. The molecule has 4 N–H and O–H groups in total. The molecule has 1 aromatic rings. The largest absolute Gasteiger partial charge is 0.471 e. The van der Waals surface area contributed by atoms with Gasteiger partial charge in [0.15, 0.2) is 0 Å². The number of primary sulfonamides is 1. The number of nitrogens with two attached hydrogens (primary N) is 1. The lowest BCUT2D eigenvalue weighted by atomic mass is 10.1. The normalized spacial score (nSPS) is 14.0. The third kappa shape index (κ3) is 8.88. The number of carbonyl (C=O) groups is 1. The molecule has 9 nitrogen and oxygen atoms in total. The molecule has 1 atom stereocenters. The first kappa shape index (κ1) is 22.8. The van der Waals surface area contributed by atoms with Crippen molar-refractivity contribution in [2.45, 2.75) is 37.0 Å². The number of phosphoric acid groups is 1. The number of phosphoric ester groups is 1. The molecule has 0 heterocycles. The Balaban J connectivity index is 2.14. The van der Waals surface area contributed by atoms with E-state index in [0.717, 1.165) is 32.8 Å². The second-order valence-corrected chi connectivity index (χ2v) is 8.70. The van der Waals surface area contributed by atoms with Crippen molar-refractivity contribution in [1.29, 1.82) is 0 Å².